The maximum Gasteiger partial charge on any atom is 0.264 e. The molecule has 0 fully saturated rings. The summed E-state index contributed by atoms with van der Waals surface area (Å²) < 4.78 is 56.2. The largest absolute Gasteiger partial charge is 0.280 e. The highest BCUT2D eigenvalue weighted by Gasteiger charge is 2.20. The maximum atomic E-state index is 14.0. The van der Waals surface area contributed by atoms with Crippen molar-refractivity contribution >= 4 is 21.4 Å². The van der Waals surface area contributed by atoms with Crippen LogP contribution < -0.4 is 4.72 Å². The van der Waals surface area contributed by atoms with E-state index in [2.05, 4.69) is 25.0 Å². The molecule has 164 valence electrons. The lowest BCUT2D eigenvalue weighted by Crippen LogP contribution is -2.14. The quantitative estimate of drug-likeness (QED) is 0.423. The van der Waals surface area contributed by atoms with Crippen molar-refractivity contribution in [2.75, 3.05) is 4.72 Å². The Morgan fingerprint density at radius 2 is 1.73 bits per heavy atom. The molecule has 5 rings (SSSR count). The highest BCUT2D eigenvalue weighted by molar-refractivity contribution is 7.92. The van der Waals surface area contributed by atoms with Gasteiger partial charge < -0.3 is 0 Å². The Morgan fingerprint density at radius 1 is 0.848 bits per heavy atom. The van der Waals surface area contributed by atoms with E-state index in [1.54, 1.807) is 53.2 Å². The molecular weight excluding hydrogens is 450 g/mol. The number of hydrogen-bond donors (Lipinski definition) is 1. The Morgan fingerprint density at radius 3 is 2.52 bits per heavy atom. The fraction of sp³-hybridized carbons (Fsp3) is 0. The fourth-order valence-electron chi connectivity index (χ4n) is 3.24. The molecular formula is C22H14F2N6O2S. The summed E-state index contributed by atoms with van der Waals surface area (Å²) in [6.07, 6.45) is 1.64. The van der Waals surface area contributed by atoms with Gasteiger partial charge in [0.25, 0.3) is 10.0 Å². The summed E-state index contributed by atoms with van der Waals surface area (Å²) in [5.41, 5.74) is 2.41. The molecule has 0 spiro atoms. The number of sulfonamides is 1. The highest BCUT2D eigenvalue weighted by atomic mass is 32.2. The van der Waals surface area contributed by atoms with Gasteiger partial charge in [-0.15, -0.1) is 10.2 Å². The number of hydrogen-bond acceptors (Lipinski definition) is 6. The lowest BCUT2D eigenvalue weighted by atomic mass is 10.1. The number of aromatic nitrogens is 5. The van der Waals surface area contributed by atoms with Gasteiger partial charge in [0, 0.05) is 23.5 Å². The molecule has 3 heterocycles. The first-order valence-electron chi connectivity index (χ1n) is 9.63. The zero-order valence-corrected chi connectivity index (χ0v) is 17.5. The summed E-state index contributed by atoms with van der Waals surface area (Å²) >= 11 is 0. The van der Waals surface area contributed by atoms with E-state index in [-0.39, 0.29) is 5.69 Å². The van der Waals surface area contributed by atoms with Gasteiger partial charge in [0.1, 0.15) is 22.2 Å². The molecule has 11 heteroatoms. The molecule has 3 aromatic heterocycles. The maximum absolute atomic E-state index is 14.0. The van der Waals surface area contributed by atoms with Crippen LogP contribution in [0.2, 0.25) is 0 Å². The van der Waals surface area contributed by atoms with Crippen LogP contribution in [0.25, 0.3) is 28.4 Å². The summed E-state index contributed by atoms with van der Waals surface area (Å²) in [4.78, 5) is 3.62. The lowest BCUT2D eigenvalue weighted by Gasteiger charge is -2.10. The normalized spacial score (nSPS) is 11.6. The van der Waals surface area contributed by atoms with Crippen molar-refractivity contribution in [3.63, 3.8) is 0 Å². The van der Waals surface area contributed by atoms with Crippen molar-refractivity contribution in [1.29, 1.82) is 0 Å². The summed E-state index contributed by atoms with van der Waals surface area (Å²) in [7, 11) is -4.27. The number of rotatable bonds is 5. The first-order chi connectivity index (χ1) is 15.9. The van der Waals surface area contributed by atoms with Gasteiger partial charge in [-0.1, -0.05) is 18.2 Å². The monoisotopic (exact) mass is 464 g/mol. The van der Waals surface area contributed by atoms with Gasteiger partial charge in [-0.05, 0) is 48.5 Å². The number of anilines is 1. The Bertz CT molecular complexity index is 1590. The average Bonchev–Trinajstić information content (AvgIpc) is 3.22. The van der Waals surface area contributed by atoms with E-state index < -0.39 is 26.6 Å². The third kappa shape index (κ3) is 4.01. The van der Waals surface area contributed by atoms with E-state index in [1.165, 1.54) is 6.07 Å². The minimum atomic E-state index is -4.27. The molecule has 0 unspecified atom stereocenters. The Balaban J connectivity index is 1.50. The third-order valence-electron chi connectivity index (χ3n) is 4.75. The minimum Gasteiger partial charge on any atom is -0.280 e. The molecule has 0 saturated carbocycles. The van der Waals surface area contributed by atoms with Gasteiger partial charge in [-0.3, -0.25) is 9.71 Å². The lowest BCUT2D eigenvalue weighted by molar-refractivity contribution is 0.551. The van der Waals surface area contributed by atoms with Crippen LogP contribution >= 0.6 is 0 Å². The van der Waals surface area contributed by atoms with Crippen molar-refractivity contribution in [3.8, 4) is 22.8 Å². The Hall–Kier alpha value is -4.25. The number of benzene rings is 2. The van der Waals surface area contributed by atoms with Gasteiger partial charge in [-0.25, -0.2) is 17.2 Å². The van der Waals surface area contributed by atoms with Crippen molar-refractivity contribution in [2.45, 2.75) is 4.90 Å². The molecule has 0 aliphatic rings. The Labute approximate surface area is 186 Å². The van der Waals surface area contributed by atoms with Crippen LogP contribution in [-0.4, -0.2) is 33.2 Å². The average molecular weight is 464 g/mol. The van der Waals surface area contributed by atoms with E-state index >= 15 is 0 Å². The summed E-state index contributed by atoms with van der Waals surface area (Å²) in [6.45, 7) is 0. The van der Waals surface area contributed by atoms with Gasteiger partial charge in [0.05, 0.1) is 5.69 Å². The number of nitrogens with zero attached hydrogens (tertiary/aromatic N) is 5. The van der Waals surface area contributed by atoms with Gasteiger partial charge >= 0.3 is 0 Å². The molecule has 0 saturated heterocycles. The van der Waals surface area contributed by atoms with Crippen LogP contribution in [0.15, 0.2) is 83.9 Å². The predicted molar refractivity (Wildman–Crippen MR) is 117 cm³/mol. The van der Waals surface area contributed by atoms with E-state index in [0.717, 1.165) is 12.1 Å². The van der Waals surface area contributed by atoms with Crippen LogP contribution in [0, 0.1) is 11.6 Å². The zero-order valence-electron chi connectivity index (χ0n) is 16.7. The second-order valence-corrected chi connectivity index (χ2v) is 8.64. The van der Waals surface area contributed by atoms with Crippen LogP contribution in [0.3, 0.4) is 0 Å². The SMILES string of the molecule is O=S(=O)(Nc1cccc(-c2ccc3nnc(-c4ccccn4)n3n2)c1)c1ccc(F)cc1F. The molecule has 5 aromatic rings. The molecule has 2 aromatic carbocycles. The van der Waals surface area contributed by atoms with Crippen LogP contribution in [0.1, 0.15) is 0 Å². The summed E-state index contributed by atoms with van der Waals surface area (Å²) in [6, 6.07) is 17.6. The first kappa shape index (κ1) is 20.6. The van der Waals surface area contributed by atoms with E-state index in [0.29, 0.717) is 34.5 Å². The van der Waals surface area contributed by atoms with E-state index in [4.69, 9.17) is 0 Å². The highest BCUT2D eigenvalue weighted by Crippen LogP contribution is 2.25. The van der Waals surface area contributed by atoms with Crippen molar-refractivity contribution in [3.05, 3.63) is 90.6 Å². The molecule has 0 atom stereocenters. The molecule has 33 heavy (non-hydrogen) atoms. The minimum absolute atomic E-state index is 0.187. The third-order valence-corrected chi connectivity index (χ3v) is 6.17. The van der Waals surface area contributed by atoms with Crippen LogP contribution in [-0.2, 0) is 10.0 Å². The van der Waals surface area contributed by atoms with Crippen molar-refractivity contribution < 1.29 is 17.2 Å². The van der Waals surface area contributed by atoms with Crippen LogP contribution in [0.5, 0.6) is 0 Å². The van der Waals surface area contributed by atoms with Crippen LogP contribution in [0.4, 0.5) is 14.5 Å². The molecule has 0 amide bonds. The molecule has 8 nitrogen and oxygen atoms in total. The molecule has 0 bridgehead atoms. The smallest absolute Gasteiger partial charge is 0.264 e. The Kier molecular flexibility index (Phi) is 5.02. The molecule has 0 aliphatic heterocycles. The zero-order chi connectivity index (χ0) is 23.0. The van der Waals surface area contributed by atoms with Crippen molar-refractivity contribution in [1.82, 2.24) is 24.8 Å². The predicted octanol–water partition coefficient (Wildman–Crippen LogP) is 3.93. The number of pyridine rings is 1. The van der Waals surface area contributed by atoms with E-state index in [9.17, 15) is 17.2 Å². The molecule has 0 aliphatic carbocycles. The van der Waals surface area contributed by atoms with E-state index in [1.807, 2.05) is 6.07 Å². The summed E-state index contributed by atoms with van der Waals surface area (Å²) in [5.74, 6) is -1.59. The van der Waals surface area contributed by atoms with Gasteiger partial charge in [0.15, 0.2) is 5.65 Å². The standard InChI is InChI=1S/C22H14F2N6O2S/c23-15-7-9-20(17(24)13-15)33(31,32)29-16-5-3-4-14(12-16)18-8-10-21-26-27-22(30(21)28-18)19-6-1-2-11-25-19/h1-13,29H. The topological polar surface area (TPSA) is 102 Å². The number of nitrogens with one attached hydrogen (secondary N) is 1. The van der Waals surface area contributed by atoms with Gasteiger partial charge in [-0.2, -0.15) is 9.61 Å². The fourth-order valence-corrected chi connectivity index (χ4v) is 4.35. The number of halogens is 2. The first-order valence-corrected chi connectivity index (χ1v) is 11.1. The number of fused-ring (bicyclic) bond motifs is 1. The molecule has 1 N–H and O–H groups in total. The summed E-state index contributed by atoms with van der Waals surface area (Å²) in [5, 5.41) is 12.8. The van der Waals surface area contributed by atoms with Gasteiger partial charge in [0.2, 0.25) is 5.82 Å². The molecule has 0 radical (unpaired) electrons. The second-order valence-electron chi connectivity index (χ2n) is 6.99. The van der Waals surface area contributed by atoms with Crippen molar-refractivity contribution in [2.24, 2.45) is 0 Å². The second kappa shape index (κ2) is 8.02.